The Bertz CT molecular complexity index is 445. The minimum Gasteiger partial charge on any atom is -0.333 e. The first-order valence-corrected chi connectivity index (χ1v) is 6.41. The lowest BCUT2D eigenvalue weighted by molar-refractivity contribution is -0.160. The van der Waals surface area contributed by atoms with Gasteiger partial charge in [-0.25, -0.2) is 4.39 Å². The highest BCUT2D eigenvalue weighted by atomic mass is 19.4. The third-order valence-corrected chi connectivity index (χ3v) is 2.80. The van der Waals surface area contributed by atoms with Crippen LogP contribution in [0.2, 0.25) is 0 Å². The first kappa shape index (κ1) is 16.5. The number of alkyl halides is 3. The van der Waals surface area contributed by atoms with E-state index in [-0.39, 0.29) is 18.5 Å². The number of nitrogens with zero attached hydrogens (tertiary/aromatic N) is 1. The van der Waals surface area contributed by atoms with Crippen molar-refractivity contribution in [2.45, 2.75) is 32.4 Å². The Labute approximate surface area is 115 Å². The molecule has 6 heteroatoms. The van der Waals surface area contributed by atoms with Crippen LogP contribution in [0.25, 0.3) is 0 Å². The van der Waals surface area contributed by atoms with Crippen LogP contribution in [0.3, 0.4) is 0 Å². The molecule has 1 aromatic carbocycles. The average Bonchev–Trinajstić information content (AvgIpc) is 2.36. The number of rotatable bonds is 6. The van der Waals surface area contributed by atoms with Crippen LogP contribution in [-0.2, 0) is 11.2 Å². The molecule has 0 unspecified atom stereocenters. The molecule has 0 aliphatic rings. The van der Waals surface area contributed by atoms with Gasteiger partial charge in [0.2, 0.25) is 5.91 Å². The molecule has 20 heavy (non-hydrogen) atoms. The number of unbranched alkanes of at least 4 members (excludes halogenated alkanes) is 1. The number of carbonyl (C=O) groups is 1. The Morgan fingerprint density at radius 1 is 1.25 bits per heavy atom. The van der Waals surface area contributed by atoms with E-state index >= 15 is 0 Å². The fourth-order valence-electron chi connectivity index (χ4n) is 1.77. The molecule has 0 aliphatic heterocycles. The molecule has 112 valence electrons. The summed E-state index contributed by atoms with van der Waals surface area (Å²) >= 11 is 0. The van der Waals surface area contributed by atoms with Gasteiger partial charge in [0.05, 0.1) is 6.42 Å². The highest BCUT2D eigenvalue weighted by Crippen LogP contribution is 2.18. The number of benzene rings is 1. The molecular formula is C14H17F4NO. The van der Waals surface area contributed by atoms with Crippen molar-refractivity contribution in [3.63, 3.8) is 0 Å². The summed E-state index contributed by atoms with van der Waals surface area (Å²) in [4.78, 5) is 12.7. The van der Waals surface area contributed by atoms with Crippen molar-refractivity contribution in [1.29, 1.82) is 0 Å². The Kier molecular flexibility index (Phi) is 5.98. The van der Waals surface area contributed by atoms with Crippen molar-refractivity contribution in [1.82, 2.24) is 4.90 Å². The first-order chi connectivity index (χ1) is 9.33. The zero-order valence-corrected chi connectivity index (χ0v) is 11.2. The zero-order valence-electron chi connectivity index (χ0n) is 11.2. The maximum Gasteiger partial charge on any atom is 0.406 e. The van der Waals surface area contributed by atoms with Gasteiger partial charge >= 0.3 is 6.18 Å². The molecule has 0 spiro atoms. The van der Waals surface area contributed by atoms with E-state index in [1.165, 1.54) is 18.2 Å². The molecular weight excluding hydrogens is 274 g/mol. The lowest BCUT2D eigenvalue weighted by atomic mass is 10.1. The number of halogens is 4. The van der Waals surface area contributed by atoms with E-state index in [9.17, 15) is 22.4 Å². The molecule has 2 nitrogen and oxygen atoms in total. The smallest absolute Gasteiger partial charge is 0.333 e. The number of amides is 1. The van der Waals surface area contributed by atoms with Gasteiger partial charge in [-0.05, 0) is 18.1 Å². The van der Waals surface area contributed by atoms with Crippen molar-refractivity contribution in [3.05, 3.63) is 35.6 Å². The molecule has 0 atom stereocenters. The highest BCUT2D eigenvalue weighted by Gasteiger charge is 2.32. The Balaban J connectivity index is 2.75. The fraction of sp³-hybridized carbons (Fsp3) is 0.500. The minimum atomic E-state index is -4.45. The van der Waals surface area contributed by atoms with Crippen molar-refractivity contribution in [3.8, 4) is 0 Å². The molecule has 0 heterocycles. The molecule has 0 radical (unpaired) electrons. The third kappa shape index (κ3) is 5.59. The molecule has 0 fully saturated rings. The predicted octanol–water partition coefficient (Wildman–Crippen LogP) is 3.56. The monoisotopic (exact) mass is 291 g/mol. The van der Waals surface area contributed by atoms with Crippen LogP contribution in [0.15, 0.2) is 24.3 Å². The van der Waals surface area contributed by atoms with Gasteiger partial charge in [-0.1, -0.05) is 31.5 Å². The summed E-state index contributed by atoms with van der Waals surface area (Å²) in [6, 6.07) is 5.60. The van der Waals surface area contributed by atoms with Gasteiger partial charge in [0, 0.05) is 6.54 Å². The van der Waals surface area contributed by atoms with Crippen LogP contribution in [0.4, 0.5) is 17.6 Å². The fourth-order valence-corrected chi connectivity index (χ4v) is 1.77. The van der Waals surface area contributed by atoms with Crippen molar-refractivity contribution < 1.29 is 22.4 Å². The molecule has 0 N–H and O–H groups in total. The summed E-state index contributed by atoms with van der Waals surface area (Å²) in [5, 5.41) is 0. The third-order valence-electron chi connectivity index (χ3n) is 2.80. The van der Waals surface area contributed by atoms with Gasteiger partial charge in [0.25, 0.3) is 0 Å². The van der Waals surface area contributed by atoms with Gasteiger partial charge in [-0.2, -0.15) is 13.2 Å². The Hall–Kier alpha value is -1.59. The highest BCUT2D eigenvalue weighted by molar-refractivity contribution is 5.78. The molecule has 1 amide bonds. The second-order valence-corrected chi connectivity index (χ2v) is 4.55. The van der Waals surface area contributed by atoms with E-state index < -0.39 is 24.4 Å². The molecule has 0 saturated heterocycles. The van der Waals surface area contributed by atoms with Gasteiger partial charge in [-0.15, -0.1) is 0 Å². The summed E-state index contributed by atoms with van der Waals surface area (Å²) < 4.78 is 50.7. The number of carbonyl (C=O) groups excluding carboxylic acids is 1. The Morgan fingerprint density at radius 3 is 2.45 bits per heavy atom. The lowest BCUT2D eigenvalue weighted by Crippen LogP contribution is -2.40. The first-order valence-electron chi connectivity index (χ1n) is 6.41. The van der Waals surface area contributed by atoms with E-state index in [2.05, 4.69) is 0 Å². The summed E-state index contributed by atoms with van der Waals surface area (Å²) in [7, 11) is 0. The van der Waals surface area contributed by atoms with Crippen molar-refractivity contribution in [2.24, 2.45) is 0 Å². The van der Waals surface area contributed by atoms with Crippen LogP contribution in [0.5, 0.6) is 0 Å². The van der Waals surface area contributed by atoms with Gasteiger partial charge in [0.1, 0.15) is 12.4 Å². The van der Waals surface area contributed by atoms with Crippen LogP contribution in [0, 0.1) is 5.82 Å². The maximum absolute atomic E-state index is 13.4. The van der Waals surface area contributed by atoms with E-state index in [0.29, 0.717) is 12.8 Å². The SMILES string of the molecule is CCCCN(CC(F)(F)F)C(=O)Cc1ccccc1F. The van der Waals surface area contributed by atoms with Crippen LogP contribution >= 0.6 is 0 Å². The predicted molar refractivity (Wildman–Crippen MR) is 67.6 cm³/mol. The van der Waals surface area contributed by atoms with Crippen LogP contribution in [0.1, 0.15) is 25.3 Å². The summed E-state index contributed by atoms with van der Waals surface area (Å²) in [5.41, 5.74) is 0.112. The quantitative estimate of drug-likeness (QED) is 0.734. The Morgan fingerprint density at radius 2 is 1.90 bits per heavy atom. The largest absolute Gasteiger partial charge is 0.406 e. The van der Waals surface area contributed by atoms with Gasteiger partial charge in [0.15, 0.2) is 0 Å². The molecule has 0 aliphatic carbocycles. The van der Waals surface area contributed by atoms with E-state index in [1.807, 2.05) is 6.92 Å². The van der Waals surface area contributed by atoms with E-state index in [4.69, 9.17) is 0 Å². The second-order valence-electron chi connectivity index (χ2n) is 4.55. The number of hydrogen-bond acceptors (Lipinski definition) is 1. The second kappa shape index (κ2) is 7.26. The zero-order chi connectivity index (χ0) is 15.2. The van der Waals surface area contributed by atoms with Crippen molar-refractivity contribution in [2.75, 3.05) is 13.1 Å². The van der Waals surface area contributed by atoms with E-state index in [0.717, 1.165) is 4.90 Å². The summed E-state index contributed by atoms with van der Waals surface area (Å²) in [6.07, 6.45) is -3.63. The van der Waals surface area contributed by atoms with Crippen LogP contribution < -0.4 is 0 Å². The number of hydrogen-bond donors (Lipinski definition) is 0. The molecule has 0 aromatic heterocycles. The average molecular weight is 291 g/mol. The van der Waals surface area contributed by atoms with Gasteiger partial charge in [-0.3, -0.25) is 4.79 Å². The van der Waals surface area contributed by atoms with Crippen LogP contribution in [-0.4, -0.2) is 30.1 Å². The molecule has 0 saturated carbocycles. The molecule has 0 bridgehead atoms. The molecule has 1 rings (SSSR count). The topological polar surface area (TPSA) is 20.3 Å². The van der Waals surface area contributed by atoms with E-state index in [1.54, 1.807) is 6.07 Å². The standard InChI is InChI=1S/C14H17F4NO/c1-2-3-8-19(10-14(16,17)18)13(20)9-11-6-4-5-7-12(11)15/h4-7H,2-3,8-10H2,1H3. The normalized spacial score (nSPS) is 11.4. The maximum atomic E-state index is 13.4. The molecule has 1 aromatic rings. The lowest BCUT2D eigenvalue weighted by Gasteiger charge is -2.24. The van der Waals surface area contributed by atoms with Crippen molar-refractivity contribution >= 4 is 5.91 Å². The summed E-state index contributed by atoms with van der Waals surface area (Å²) in [5.74, 6) is -1.29. The minimum absolute atomic E-state index is 0.0310. The summed E-state index contributed by atoms with van der Waals surface area (Å²) in [6.45, 7) is 0.566. The van der Waals surface area contributed by atoms with Gasteiger partial charge < -0.3 is 4.90 Å².